The largest absolute Gasteiger partial charge is 0.411 e. The maximum absolute atomic E-state index is 12.2. The van der Waals surface area contributed by atoms with Crippen molar-refractivity contribution in [1.29, 1.82) is 0 Å². The number of H-pyrrole nitrogens is 1. The first kappa shape index (κ1) is 17.2. The van der Waals surface area contributed by atoms with Gasteiger partial charge in [0.1, 0.15) is 6.61 Å². The van der Waals surface area contributed by atoms with Gasteiger partial charge in [0, 0.05) is 17.1 Å². The molecule has 3 aromatic rings. The van der Waals surface area contributed by atoms with Crippen molar-refractivity contribution >= 4 is 10.8 Å². The van der Waals surface area contributed by atoms with Gasteiger partial charge in [-0.05, 0) is 35.1 Å². The molecule has 0 spiro atoms. The van der Waals surface area contributed by atoms with Gasteiger partial charge in [-0.3, -0.25) is 4.79 Å². The SMILES string of the molecule is Cc1ccccc1-c1c[nH]c(=O)c2cc(COCC(F)(F)F)ccc12. The topological polar surface area (TPSA) is 42.1 Å². The normalized spacial score (nSPS) is 11.8. The lowest BCUT2D eigenvalue weighted by Gasteiger charge is -2.11. The Morgan fingerprint density at radius 1 is 1.04 bits per heavy atom. The van der Waals surface area contributed by atoms with Crippen molar-refractivity contribution < 1.29 is 17.9 Å². The number of hydrogen-bond donors (Lipinski definition) is 1. The van der Waals surface area contributed by atoms with Gasteiger partial charge in [0.25, 0.3) is 5.56 Å². The first-order chi connectivity index (χ1) is 11.8. The van der Waals surface area contributed by atoms with Gasteiger partial charge >= 0.3 is 6.18 Å². The fraction of sp³-hybridized carbons (Fsp3) is 0.211. The van der Waals surface area contributed by atoms with Crippen LogP contribution in [0.1, 0.15) is 11.1 Å². The highest BCUT2D eigenvalue weighted by Gasteiger charge is 2.27. The minimum Gasteiger partial charge on any atom is -0.367 e. The lowest BCUT2D eigenvalue weighted by molar-refractivity contribution is -0.176. The van der Waals surface area contributed by atoms with Crippen LogP contribution in [0.25, 0.3) is 21.9 Å². The second-order valence-corrected chi connectivity index (χ2v) is 5.83. The van der Waals surface area contributed by atoms with Crippen molar-refractivity contribution in [3.8, 4) is 11.1 Å². The number of hydrogen-bond acceptors (Lipinski definition) is 2. The third kappa shape index (κ3) is 3.91. The van der Waals surface area contributed by atoms with Crippen LogP contribution in [0.5, 0.6) is 0 Å². The Bertz CT molecular complexity index is 961. The molecule has 130 valence electrons. The van der Waals surface area contributed by atoms with E-state index in [4.69, 9.17) is 0 Å². The van der Waals surface area contributed by atoms with Gasteiger partial charge in [-0.1, -0.05) is 36.4 Å². The number of fused-ring (bicyclic) bond motifs is 1. The summed E-state index contributed by atoms with van der Waals surface area (Å²) in [6.07, 6.45) is -2.71. The summed E-state index contributed by atoms with van der Waals surface area (Å²) in [5.41, 5.74) is 3.16. The average Bonchev–Trinajstić information content (AvgIpc) is 2.55. The third-order valence-electron chi connectivity index (χ3n) is 3.94. The maximum Gasteiger partial charge on any atom is 0.411 e. The summed E-state index contributed by atoms with van der Waals surface area (Å²) in [6.45, 7) is 0.458. The molecule has 6 heteroatoms. The fourth-order valence-corrected chi connectivity index (χ4v) is 2.78. The number of ether oxygens (including phenoxy) is 1. The smallest absolute Gasteiger partial charge is 0.367 e. The zero-order valence-corrected chi connectivity index (χ0v) is 13.5. The highest BCUT2D eigenvalue weighted by molar-refractivity contribution is 5.96. The van der Waals surface area contributed by atoms with Crippen molar-refractivity contribution in [3.05, 3.63) is 70.1 Å². The molecule has 0 fully saturated rings. The monoisotopic (exact) mass is 347 g/mol. The van der Waals surface area contributed by atoms with E-state index in [0.29, 0.717) is 10.9 Å². The van der Waals surface area contributed by atoms with Gasteiger partial charge in [0.15, 0.2) is 0 Å². The molecule has 0 saturated carbocycles. The number of aromatic nitrogens is 1. The number of benzene rings is 2. The third-order valence-corrected chi connectivity index (χ3v) is 3.94. The fourth-order valence-electron chi connectivity index (χ4n) is 2.78. The zero-order chi connectivity index (χ0) is 18.0. The molecule has 1 heterocycles. The van der Waals surface area contributed by atoms with Crippen LogP contribution in [-0.2, 0) is 11.3 Å². The molecule has 1 aromatic heterocycles. The quantitative estimate of drug-likeness (QED) is 0.750. The van der Waals surface area contributed by atoms with Gasteiger partial charge in [-0.15, -0.1) is 0 Å². The van der Waals surface area contributed by atoms with E-state index in [9.17, 15) is 18.0 Å². The van der Waals surface area contributed by atoms with E-state index >= 15 is 0 Å². The van der Waals surface area contributed by atoms with Gasteiger partial charge in [0.05, 0.1) is 6.61 Å². The molecule has 3 nitrogen and oxygen atoms in total. The standard InChI is InChI=1S/C19H16F3NO2/c1-12-4-2-3-5-14(12)17-9-23-18(24)16-8-13(6-7-15(16)17)10-25-11-19(20,21)22/h2-9H,10-11H2,1H3,(H,23,24). The first-order valence-corrected chi connectivity index (χ1v) is 7.70. The number of rotatable bonds is 4. The van der Waals surface area contributed by atoms with Crippen LogP contribution in [0.4, 0.5) is 13.2 Å². The number of alkyl halides is 3. The van der Waals surface area contributed by atoms with Gasteiger partial charge < -0.3 is 9.72 Å². The molecule has 3 rings (SSSR count). The molecule has 0 atom stereocenters. The van der Waals surface area contributed by atoms with Crippen LogP contribution in [0.2, 0.25) is 0 Å². The van der Waals surface area contributed by atoms with E-state index in [1.54, 1.807) is 24.4 Å². The van der Waals surface area contributed by atoms with E-state index in [2.05, 4.69) is 9.72 Å². The molecule has 0 radical (unpaired) electrons. The number of halogens is 3. The molecule has 0 aliphatic heterocycles. The Kier molecular flexibility index (Phi) is 4.63. The van der Waals surface area contributed by atoms with Crippen LogP contribution in [0, 0.1) is 6.92 Å². The second-order valence-electron chi connectivity index (χ2n) is 5.83. The number of aryl methyl sites for hydroxylation is 1. The van der Waals surface area contributed by atoms with Crippen LogP contribution >= 0.6 is 0 Å². The van der Waals surface area contributed by atoms with Crippen LogP contribution in [0.15, 0.2) is 53.5 Å². The van der Waals surface area contributed by atoms with Gasteiger partial charge in [-0.2, -0.15) is 13.2 Å². The lowest BCUT2D eigenvalue weighted by atomic mass is 9.96. The molecular weight excluding hydrogens is 331 g/mol. The number of pyridine rings is 1. The molecule has 0 unspecified atom stereocenters. The summed E-state index contributed by atoms with van der Waals surface area (Å²) in [5.74, 6) is 0. The van der Waals surface area contributed by atoms with E-state index in [-0.39, 0.29) is 12.2 Å². The molecular formula is C19H16F3NO2. The summed E-state index contributed by atoms with van der Waals surface area (Å²) in [7, 11) is 0. The highest BCUT2D eigenvalue weighted by Crippen LogP contribution is 2.29. The van der Waals surface area contributed by atoms with E-state index < -0.39 is 12.8 Å². The van der Waals surface area contributed by atoms with E-state index in [1.807, 2.05) is 31.2 Å². The highest BCUT2D eigenvalue weighted by atomic mass is 19.4. The van der Waals surface area contributed by atoms with Crippen LogP contribution in [-0.4, -0.2) is 17.8 Å². The maximum atomic E-state index is 12.2. The molecule has 0 amide bonds. The molecule has 25 heavy (non-hydrogen) atoms. The lowest BCUT2D eigenvalue weighted by Crippen LogP contribution is -2.16. The predicted molar refractivity (Wildman–Crippen MR) is 90.5 cm³/mol. The minimum atomic E-state index is -4.37. The average molecular weight is 347 g/mol. The molecule has 1 N–H and O–H groups in total. The summed E-state index contributed by atoms with van der Waals surface area (Å²) in [4.78, 5) is 14.9. The Balaban J connectivity index is 1.99. The van der Waals surface area contributed by atoms with Crippen LogP contribution in [0.3, 0.4) is 0 Å². The van der Waals surface area contributed by atoms with Gasteiger partial charge in [0.2, 0.25) is 0 Å². The van der Waals surface area contributed by atoms with Crippen molar-refractivity contribution in [2.24, 2.45) is 0 Å². The molecule has 0 saturated heterocycles. The van der Waals surface area contributed by atoms with Crippen molar-refractivity contribution in [3.63, 3.8) is 0 Å². The van der Waals surface area contributed by atoms with Crippen molar-refractivity contribution in [2.75, 3.05) is 6.61 Å². The summed E-state index contributed by atoms with van der Waals surface area (Å²) < 4.78 is 41.2. The second kappa shape index (κ2) is 6.72. The number of aromatic amines is 1. The Morgan fingerprint density at radius 2 is 1.80 bits per heavy atom. The molecule has 0 aliphatic carbocycles. The molecule has 2 aromatic carbocycles. The summed E-state index contributed by atoms with van der Waals surface area (Å²) in [6, 6.07) is 12.8. The summed E-state index contributed by atoms with van der Waals surface area (Å²) >= 11 is 0. The van der Waals surface area contributed by atoms with Crippen molar-refractivity contribution in [2.45, 2.75) is 19.7 Å². The Morgan fingerprint density at radius 3 is 2.52 bits per heavy atom. The van der Waals surface area contributed by atoms with E-state index in [0.717, 1.165) is 22.1 Å². The number of nitrogens with one attached hydrogen (secondary N) is 1. The van der Waals surface area contributed by atoms with Crippen molar-refractivity contribution in [1.82, 2.24) is 4.98 Å². The summed E-state index contributed by atoms with van der Waals surface area (Å²) in [5, 5.41) is 1.17. The minimum absolute atomic E-state index is 0.205. The Labute approximate surface area is 142 Å². The van der Waals surface area contributed by atoms with Crippen LogP contribution < -0.4 is 5.56 Å². The Hall–Kier alpha value is -2.60. The van der Waals surface area contributed by atoms with E-state index in [1.165, 1.54) is 0 Å². The first-order valence-electron chi connectivity index (χ1n) is 7.70. The van der Waals surface area contributed by atoms with Gasteiger partial charge in [-0.25, -0.2) is 0 Å². The molecule has 0 bridgehead atoms. The molecule has 0 aliphatic rings. The zero-order valence-electron chi connectivity index (χ0n) is 13.5. The predicted octanol–water partition coefficient (Wildman–Crippen LogP) is 4.58.